The van der Waals surface area contributed by atoms with Crippen LogP contribution in [0.25, 0.3) is 0 Å². The fourth-order valence-electron chi connectivity index (χ4n) is 6.37. The fraction of sp³-hybridized carbons (Fsp3) is 0.571. The van der Waals surface area contributed by atoms with Crippen molar-refractivity contribution in [2.75, 3.05) is 46.2 Å². The number of anilines is 1. The molecule has 2 aliphatic carbocycles. The summed E-state index contributed by atoms with van der Waals surface area (Å²) in [5.41, 5.74) is 1.05. The Morgan fingerprint density at radius 3 is 2.49 bits per heavy atom. The van der Waals surface area contributed by atoms with Crippen LogP contribution in [0, 0.1) is 5.92 Å². The number of nitrogens with one attached hydrogen (secondary N) is 1. The van der Waals surface area contributed by atoms with Crippen molar-refractivity contribution in [3.05, 3.63) is 48.2 Å². The second-order valence-electron chi connectivity index (χ2n) is 11.0. The van der Waals surface area contributed by atoms with Crippen LogP contribution in [-0.2, 0) is 10.3 Å². The van der Waals surface area contributed by atoms with Gasteiger partial charge in [0.2, 0.25) is 5.91 Å². The number of benzene rings is 1. The Morgan fingerprint density at radius 1 is 1.14 bits per heavy atom. The van der Waals surface area contributed by atoms with E-state index >= 15 is 0 Å². The van der Waals surface area contributed by atoms with Crippen LogP contribution in [0.15, 0.2) is 42.6 Å². The Balaban J connectivity index is 1.33. The largest absolute Gasteiger partial charge is 0.467 e. The van der Waals surface area contributed by atoms with Crippen LogP contribution in [0.3, 0.4) is 0 Å². The number of hydrogen-bond acceptors (Lipinski definition) is 6. The maximum atomic E-state index is 13.7. The molecular weight excluding hydrogens is 468 g/mol. The Morgan fingerprint density at radius 2 is 1.86 bits per heavy atom. The van der Waals surface area contributed by atoms with Crippen molar-refractivity contribution in [1.29, 1.82) is 0 Å². The number of ether oxygens (including phenoxy) is 1. The zero-order valence-electron chi connectivity index (χ0n) is 22.2. The van der Waals surface area contributed by atoms with Crippen LogP contribution in [0.2, 0.25) is 0 Å². The number of carbonyl (C=O) groups is 2. The molecule has 1 aromatic heterocycles. The lowest BCUT2D eigenvalue weighted by molar-refractivity contribution is -0.116. The molecule has 9 heteroatoms. The van der Waals surface area contributed by atoms with Crippen LogP contribution in [0.5, 0.6) is 6.01 Å². The zero-order valence-corrected chi connectivity index (χ0v) is 22.2. The van der Waals surface area contributed by atoms with Crippen molar-refractivity contribution in [1.82, 2.24) is 24.7 Å². The van der Waals surface area contributed by atoms with Gasteiger partial charge in [-0.1, -0.05) is 36.8 Å². The van der Waals surface area contributed by atoms with E-state index in [0.29, 0.717) is 18.3 Å². The molecule has 0 radical (unpaired) electrons. The van der Waals surface area contributed by atoms with Crippen LogP contribution < -0.4 is 10.1 Å². The monoisotopic (exact) mass is 506 g/mol. The van der Waals surface area contributed by atoms with Gasteiger partial charge in [-0.15, -0.1) is 0 Å². The Hall–Kier alpha value is -3.20. The third kappa shape index (κ3) is 4.89. The van der Waals surface area contributed by atoms with Crippen molar-refractivity contribution in [3.63, 3.8) is 0 Å². The molecule has 0 unspecified atom stereocenters. The first kappa shape index (κ1) is 25.4. The third-order valence-corrected chi connectivity index (χ3v) is 8.82. The van der Waals surface area contributed by atoms with Gasteiger partial charge in [0, 0.05) is 24.8 Å². The smallest absolute Gasteiger partial charge is 0.321 e. The quantitative estimate of drug-likeness (QED) is 0.587. The molecule has 1 spiro atoms. The van der Waals surface area contributed by atoms with E-state index in [1.807, 2.05) is 0 Å². The highest BCUT2D eigenvalue weighted by Crippen LogP contribution is 2.49. The van der Waals surface area contributed by atoms with Crippen LogP contribution in [0.4, 0.5) is 10.6 Å². The van der Waals surface area contributed by atoms with Gasteiger partial charge in [-0.3, -0.25) is 9.69 Å². The van der Waals surface area contributed by atoms with E-state index in [1.54, 1.807) is 11.0 Å². The minimum Gasteiger partial charge on any atom is -0.467 e. The number of carbonyl (C=O) groups excluding carboxylic acids is 2. The number of nitrogens with zero attached hydrogens (tertiary/aromatic N) is 5. The van der Waals surface area contributed by atoms with Crippen molar-refractivity contribution in [3.8, 4) is 6.01 Å². The first-order chi connectivity index (χ1) is 17.8. The highest BCUT2D eigenvalue weighted by atomic mass is 16.5. The summed E-state index contributed by atoms with van der Waals surface area (Å²) in [6.07, 6.45) is 8.91. The molecule has 1 saturated heterocycles. The molecule has 1 aromatic carbocycles. The fourth-order valence-corrected chi connectivity index (χ4v) is 6.37. The predicted octanol–water partition coefficient (Wildman–Crippen LogP) is 3.73. The Bertz CT molecular complexity index is 1110. The number of hydrogen-bond donors (Lipinski definition) is 1. The van der Waals surface area contributed by atoms with E-state index in [4.69, 9.17) is 4.74 Å². The topological polar surface area (TPSA) is 90.9 Å². The number of aromatic nitrogens is 2. The first-order valence-electron chi connectivity index (χ1n) is 13.3. The first-order valence-corrected chi connectivity index (χ1v) is 13.3. The van der Waals surface area contributed by atoms with Gasteiger partial charge in [0.05, 0.1) is 12.6 Å². The normalized spacial score (nSPS) is 26.0. The van der Waals surface area contributed by atoms with Crippen LogP contribution in [-0.4, -0.2) is 83.0 Å². The molecule has 1 aliphatic heterocycles. The van der Waals surface area contributed by atoms with E-state index in [-0.39, 0.29) is 35.6 Å². The Kier molecular flexibility index (Phi) is 7.07. The number of urea groups is 1. The summed E-state index contributed by atoms with van der Waals surface area (Å²) in [5.74, 6) is 0.663. The molecule has 3 amide bonds. The SMILES string of the molecule is COc1nccc(NC(=O)CN2CC3(CCC(c4ccccc4)(N(C)C)CC3)N(CC3CCC3)C2=O)n1. The highest BCUT2D eigenvalue weighted by Gasteiger charge is 2.55. The number of amides is 3. The molecule has 2 aromatic rings. The summed E-state index contributed by atoms with van der Waals surface area (Å²) < 4.78 is 5.05. The maximum absolute atomic E-state index is 13.7. The average molecular weight is 507 g/mol. The summed E-state index contributed by atoms with van der Waals surface area (Å²) >= 11 is 0. The second-order valence-corrected chi connectivity index (χ2v) is 11.0. The zero-order chi connectivity index (χ0) is 26.0. The number of methoxy groups -OCH3 is 1. The lowest BCUT2D eigenvalue weighted by Gasteiger charge is -2.51. The summed E-state index contributed by atoms with van der Waals surface area (Å²) in [4.78, 5) is 41.0. The van der Waals surface area contributed by atoms with Gasteiger partial charge in [-0.05, 0) is 70.2 Å². The second kappa shape index (κ2) is 10.3. The summed E-state index contributed by atoms with van der Waals surface area (Å²) in [6, 6.07) is 12.5. The average Bonchev–Trinajstić information content (AvgIpc) is 3.12. The van der Waals surface area contributed by atoms with E-state index in [0.717, 1.165) is 32.2 Å². The summed E-state index contributed by atoms with van der Waals surface area (Å²) in [7, 11) is 5.80. The van der Waals surface area contributed by atoms with Crippen LogP contribution >= 0.6 is 0 Å². The molecule has 2 heterocycles. The van der Waals surface area contributed by atoms with E-state index in [1.165, 1.54) is 38.1 Å². The van der Waals surface area contributed by atoms with Gasteiger partial charge in [-0.25, -0.2) is 9.78 Å². The van der Waals surface area contributed by atoms with E-state index in [2.05, 4.69) is 69.5 Å². The molecule has 3 fully saturated rings. The molecule has 2 saturated carbocycles. The van der Waals surface area contributed by atoms with Crippen molar-refractivity contribution >= 4 is 17.8 Å². The number of rotatable bonds is 8. The minimum absolute atomic E-state index is 0.00553. The lowest BCUT2D eigenvalue weighted by atomic mass is 9.68. The summed E-state index contributed by atoms with van der Waals surface area (Å²) in [6.45, 7) is 1.38. The summed E-state index contributed by atoms with van der Waals surface area (Å²) in [5, 5.41) is 2.79. The molecule has 1 N–H and O–H groups in total. The predicted molar refractivity (Wildman–Crippen MR) is 141 cm³/mol. The Labute approximate surface area is 219 Å². The van der Waals surface area contributed by atoms with Gasteiger partial charge in [0.15, 0.2) is 0 Å². The maximum Gasteiger partial charge on any atom is 0.321 e. The molecule has 0 atom stereocenters. The third-order valence-electron chi connectivity index (χ3n) is 8.82. The van der Waals surface area contributed by atoms with Gasteiger partial charge in [-0.2, -0.15) is 4.98 Å². The van der Waals surface area contributed by atoms with Gasteiger partial charge < -0.3 is 19.9 Å². The van der Waals surface area contributed by atoms with Crippen LogP contribution in [0.1, 0.15) is 50.5 Å². The highest BCUT2D eigenvalue weighted by molar-refractivity contribution is 5.94. The van der Waals surface area contributed by atoms with E-state index < -0.39 is 0 Å². The molecule has 198 valence electrons. The van der Waals surface area contributed by atoms with Gasteiger partial charge in [0.25, 0.3) is 0 Å². The van der Waals surface area contributed by atoms with Crippen molar-refractivity contribution in [2.24, 2.45) is 5.92 Å². The van der Waals surface area contributed by atoms with Crippen molar-refractivity contribution < 1.29 is 14.3 Å². The molecule has 3 aliphatic rings. The standard InChI is InChI=1S/C28H38N6O3/c1-32(2)28(22-10-5-4-6-11-22)15-13-27(14-16-28)20-33(26(36)34(27)18-21-8-7-9-21)19-24(35)30-23-12-17-29-25(31-23)37-3/h4-6,10-12,17,21H,7-9,13-16,18-20H2,1-3H3,(H,29,30,31,35). The molecule has 37 heavy (non-hydrogen) atoms. The lowest BCUT2D eigenvalue weighted by Crippen LogP contribution is -2.56. The molecule has 0 bridgehead atoms. The molecular formula is C28H38N6O3. The molecule has 9 nitrogen and oxygen atoms in total. The van der Waals surface area contributed by atoms with Gasteiger partial charge in [0.1, 0.15) is 12.4 Å². The minimum atomic E-state index is -0.266. The molecule has 5 rings (SSSR count). The van der Waals surface area contributed by atoms with E-state index in [9.17, 15) is 9.59 Å². The van der Waals surface area contributed by atoms with Crippen molar-refractivity contribution in [2.45, 2.75) is 56.0 Å². The van der Waals surface area contributed by atoms with Gasteiger partial charge >= 0.3 is 12.0 Å².